The molecular weight excluding hydrogens is 250 g/mol. The number of H-pyrrole nitrogens is 1. The second kappa shape index (κ2) is 7.10. The highest BCUT2D eigenvalue weighted by Crippen LogP contribution is 2.30. The van der Waals surface area contributed by atoms with Gasteiger partial charge in [0.2, 0.25) is 5.88 Å². The summed E-state index contributed by atoms with van der Waals surface area (Å²) in [6, 6.07) is 10.4. The molecule has 0 aliphatic heterocycles. The third-order valence-corrected chi connectivity index (χ3v) is 3.24. The molecule has 0 bridgehead atoms. The van der Waals surface area contributed by atoms with Gasteiger partial charge in [-0.1, -0.05) is 32.0 Å². The van der Waals surface area contributed by atoms with Gasteiger partial charge in [0.05, 0.1) is 0 Å². The fraction of sp³-hybridized carbons (Fsp3) is 0.438. The smallest absolute Gasteiger partial charge is 0.238 e. The number of nitrogens with one attached hydrogen (secondary N) is 2. The van der Waals surface area contributed by atoms with Crippen molar-refractivity contribution in [1.29, 1.82) is 0 Å². The van der Waals surface area contributed by atoms with Crippen molar-refractivity contribution < 1.29 is 4.74 Å². The van der Waals surface area contributed by atoms with Crippen molar-refractivity contribution in [2.75, 3.05) is 6.54 Å². The van der Waals surface area contributed by atoms with E-state index in [1.807, 2.05) is 31.2 Å². The van der Waals surface area contributed by atoms with Crippen LogP contribution in [0.2, 0.25) is 0 Å². The van der Waals surface area contributed by atoms with Crippen molar-refractivity contribution in [3.05, 3.63) is 41.6 Å². The van der Waals surface area contributed by atoms with Crippen LogP contribution in [0, 0.1) is 6.92 Å². The van der Waals surface area contributed by atoms with Gasteiger partial charge in [0.1, 0.15) is 5.75 Å². The molecule has 0 aliphatic rings. The lowest BCUT2D eigenvalue weighted by atomic mass is 10.0. The van der Waals surface area contributed by atoms with Gasteiger partial charge in [-0.05, 0) is 32.4 Å². The fourth-order valence-corrected chi connectivity index (χ4v) is 2.21. The fourth-order valence-electron chi connectivity index (χ4n) is 2.21. The lowest BCUT2D eigenvalue weighted by molar-refractivity contribution is 0.435. The number of aryl methyl sites for hydroxylation is 1. The average Bonchev–Trinajstić information content (AvgIpc) is 2.86. The molecule has 108 valence electrons. The van der Waals surface area contributed by atoms with Crippen molar-refractivity contribution in [3.8, 4) is 11.6 Å². The van der Waals surface area contributed by atoms with Crippen molar-refractivity contribution in [2.45, 2.75) is 39.7 Å². The summed E-state index contributed by atoms with van der Waals surface area (Å²) in [7, 11) is 0. The van der Waals surface area contributed by atoms with E-state index in [9.17, 15) is 0 Å². The minimum absolute atomic E-state index is 0.311. The summed E-state index contributed by atoms with van der Waals surface area (Å²) >= 11 is 0. The zero-order chi connectivity index (χ0) is 14.4. The minimum atomic E-state index is 0.311. The van der Waals surface area contributed by atoms with Crippen LogP contribution < -0.4 is 10.1 Å². The Morgan fingerprint density at radius 1 is 1.30 bits per heavy atom. The Balaban J connectivity index is 2.20. The highest BCUT2D eigenvalue weighted by atomic mass is 16.5. The molecule has 20 heavy (non-hydrogen) atoms. The van der Waals surface area contributed by atoms with Gasteiger partial charge in [0, 0.05) is 23.4 Å². The van der Waals surface area contributed by atoms with Gasteiger partial charge in [-0.15, -0.1) is 5.10 Å². The van der Waals surface area contributed by atoms with E-state index in [-0.39, 0.29) is 0 Å². The molecule has 1 atom stereocenters. The van der Waals surface area contributed by atoms with Crippen molar-refractivity contribution in [3.63, 3.8) is 0 Å². The van der Waals surface area contributed by atoms with E-state index in [0.717, 1.165) is 30.8 Å². The number of hydrogen-bond acceptors (Lipinski definition) is 3. The predicted molar refractivity (Wildman–Crippen MR) is 81.2 cm³/mol. The summed E-state index contributed by atoms with van der Waals surface area (Å²) in [5.74, 6) is 1.48. The Morgan fingerprint density at radius 2 is 2.10 bits per heavy atom. The summed E-state index contributed by atoms with van der Waals surface area (Å²) in [6.45, 7) is 7.33. The van der Waals surface area contributed by atoms with Crippen LogP contribution in [0.5, 0.6) is 11.6 Å². The van der Waals surface area contributed by atoms with Crippen LogP contribution in [0.4, 0.5) is 0 Å². The molecule has 1 aromatic carbocycles. The molecule has 1 aromatic heterocycles. The molecule has 2 aromatic rings. The molecule has 0 saturated heterocycles. The highest BCUT2D eigenvalue weighted by molar-refractivity contribution is 5.38. The molecular formula is C16H23N3O. The Kier molecular flexibility index (Phi) is 5.18. The van der Waals surface area contributed by atoms with Crippen molar-refractivity contribution in [2.24, 2.45) is 0 Å². The molecule has 0 amide bonds. The van der Waals surface area contributed by atoms with Crippen LogP contribution in [0.15, 0.2) is 30.3 Å². The molecule has 2 N–H and O–H groups in total. The second-order valence-electron chi connectivity index (χ2n) is 4.94. The number of benzene rings is 1. The third-order valence-electron chi connectivity index (χ3n) is 3.24. The van der Waals surface area contributed by atoms with E-state index in [4.69, 9.17) is 4.74 Å². The maximum Gasteiger partial charge on any atom is 0.238 e. The monoisotopic (exact) mass is 273 g/mol. The molecule has 0 radical (unpaired) electrons. The Hall–Kier alpha value is -1.81. The Labute approximate surface area is 120 Å². The quantitative estimate of drug-likeness (QED) is 0.802. The van der Waals surface area contributed by atoms with Gasteiger partial charge in [0.15, 0.2) is 0 Å². The van der Waals surface area contributed by atoms with Gasteiger partial charge in [-0.25, -0.2) is 0 Å². The normalized spacial score (nSPS) is 12.3. The second-order valence-corrected chi connectivity index (χ2v) is 4.94. The van der Waals surface area contributed by atoms with E-state index < -0.39 is 0 Å². The first kappa shape index (κ1) is 14.6. The van der Waals surface area contributed by atoms with Crippen LogP contribution in [0.3, 0.4) is 0 Å². The minimum Gasteiger partial charge on any atom is -0.437 e. The molecule has 0 fully saturated rings. The summed E-state index contributed by atoms with van der Waals surface area (Å²) < 4.78 is 5.91. The predicted octanol–water partition coefficient (Wildman–Crippen LogP) is 3.96. The number of rotatable bonds is 7. The van der Waals surface area contributed by atoms with Crippen LogP contribution in [0.25, 0.3) is 0 Å². The van der Waals surface area contributed by atoms with Gasteiger partial charge in [0.25, 0.3) is 0 Å². The summed E-state index contributed by atoms with van der Waals surface area (Å²) in [6.07, 6.45) is 2.15. The summed E-state index contributed by atoms with van der Waals surface area (Å²) in [5.41, 5.74) is 2.18. The number of para-hydroxylation sites is 1. The molecule has 1 unspecified atom stereocenters. The van der Waals surface area contributed by atoms with Gasteiger partial charge < -0.3 is 10.1 Å². The standard InChI is InChI=1S/C16H23N3O/c1-4-10-17-14(5-2)13-8-6-7-9-15(13)20-16-11-12(3)18-19-16/h6-9,11,14,17H,4-5,10H2,1-3H3,(H,18,19). The first-order valence-corrected chi connectivity index (χ1v) is 7.26. The van der Waals surface area contributed by atoms with Crippen molar-refractivity contribution in [1.82, 2.24) is 15.5 Å². The first-order valence-electron chi connectivity index (χ1n) is 7.26. The topological polar surface area (TPSA) is 49.9 Å². The molecule has 4 nitrogen and oxygen atoms in total. The van der Waals surface area contributed by atoms with Crippen LogP contribution in [-0.4, -0.2) is 16.7 Å². The lowest BCUT2D eigenvalue weighted by Crippen LogP contribution is -2.21. The first-order chi connectivity index (χ1) is 9.74. The number of ether oxygens (including phenoxy) is 1. The number of aromatic amines is 1. The highest BCUT2D eigenvalue weighted by Gasteiger charge is 2.14. The van der Waals surface area contributed by atoms with Crippen molar-refractivity contribution >= 4 is 0 Å². The number of nitrogens with zero attached hydrogens (tertiary/aromatic N) is 1. The largest absolute Gasteiger partial charge is 0.437 e. The molecule has 1 heterocycles. The van der Waals surface area contributed by atoms with Crippen LogP contribution in [-0.2, 0) is 0 Å². The zero-order valence-corrected chi connectivity index (χ0v) is 12.4. The molecule has 0 spiro atoms. The lowest BCUT2D eigenvalue weighted by Gasteiger charge is -2.19. The van der Waals surface area contributed by atoms with Crippen LogP contribution >= 0.6 is 0 Å². The molecule has 0 aliphatic carbocycles. The van der Waals surface area contributed by atoms with E-state index in [1.54, 1.807) is 0 Å². The number of aromatic nitrogens is 2. The van der Waals surface area contributed by atoms with E-state index in [2.05, 4.69) is 35.4 Å². The van der Waals surface area contributed by atoms with E-state index in [0.29, 0.717) is 11.9 Å². The Bertz CT molecular complexity index is 536. The average molecular weight is 273 g/mol. The van der Waals surface area contributed by atoms with Gasteiger partial charge in [-0.3, -0.25) is 5.10 Å². The maximum absolute atomic E-state index is 5.91. The molecule has 0 saturated carbocycles. The summed E-state index contributed by atoms with van der Waals surface area (Å²) in [5, 5.41) is 10.6. The Morgan fingerprint density at radius 3 is 2.75 bits per heavy atom. The summed E-state index contributed by atoms with van der Waals surface area (Å²) in [4.78, 5) is 0. The van der Waals surface area contributed by atoms with Gasteiger partial charge >= 0.3 is 0 Å². The van der Waals surface area contributed by atoms with Gasteiger partial charge in [-0.2, -0.15) is 0 Å². The van der Waals surface area contributed by atoms with E-state index >= 15 is 0 Å². The van der Waals surface area contributed by atoms with Crippen LogP contribution in [0.1, 0.15) is 44.0 Å². The molecule has 2 rings (SSSR count). The molecule has 4 heteroatoms. The SMILES string of the molecule is CCCNC(CC)c1ccccc1Oc1cc(C)[nH]n1. The number of hydrogen-bond donors (Lipinski definition) is 2. The third kappa shape index (κ3) is 3.61. The zero-order valence-electron chi connectivity index (χ0n) is 12.4. The maximum atomic E-state index is 5.91. The van der Waals surface area contributed by atoms with E-state index in [1.165, 1.54) is 5.56 Å².